The van der Waals surface area contributed by atoms with Crippen molar-refractivity contribution in [2.75, 3.05) is 18.1 Å². The van der Waals surface area contributed by atoms with Crippen LogP contribution in [0.1, 0.15) is 71.9 Å². The lowest BCUT2D eigenvalue weighted by atomic mass is 9.83. The summed E-state index contributed by atoms with van der Waals surface area (Å²) < 4.78 is 1.05. The van der Waals surface area contributed by atoms with E-state index < -0.39 is 5.60 Å². The molecule has 1 saturated carbocycles. The molecule has 1 fully saturated rings. The van der Waals surface area contributed by atoms with E-state index in [0.29, 0.717) is 18.4 Å². The van der Waals surface area contributed by atoms with Crippen molar-refractivity contribution < 1.29 is 15.0 Å². The van der Waals surface area contributed by atoms with Crippen molar-refractivity contribution in [3.63, 3.8) is 0 Å². The van der Waals surface area contributed by atoms with Crippen LogP contribution in [0.4, 0.5) is 5.69 Å². The summed E-state index contributed by atoms with van der Waals surface area (Å²) in [5.74, 6) is 0.832. The molecule has 2 aliphatic rings. The highest BCUT2D eigenvalue weighted by atomic mass is 32.1. The second-order valence-corrected chi connectivity index (χ2v) is 10.8. The van der Waals surface area contributed by atoms with E-state index in [1.807, 2.05) is 35.2 Å². The highest BCUT2D eigenvalue weighted by Gasteiger charge is 2.32. The largest absolute Gasteiger partial charge is 0.396 e. The molecule has 0 radical (unpaired) electrons. The normalized spacial score (nSPS) is 21.8. The number of carbonyl (C=O) groups is 1. The number of aromatic nitrogens is 1. The molecule has 1 amide bonds. The van der Waals surface area contributed by atoms with Gasteiger partial charge in [0.2, 0.25) is 0 Å². The fraction of sp³-hybridized carbons (Fsp3) is 0.462. The lowest BCUT2D eigenvalue weighted by molar-refractivity contribution is 0.0789. The van der Waals surface area contributed by atoms with E-state index in [2.05, 4.69) is 6.07 Å². The number of fused-ring (bicyclic) bond motifs is 2. The maximum atomic E-state index is 13.4. The molecule has 32 heavy (non-hydrogen) atoms. The van der Waals surface area contributed by atoms with Gasteiger partial charge in [0.1, 0.15) is 0 Å². The van der Waals surface area contributed by atoms with Crippen molar-refractivity contribution in [1.82, 2.24) is 4.98 Å². The Morgan fingerprint density at radius 3 is 2.62 bits per heavy atom. The van der Waals surface area contributed by atoms with E-state index >= 15 is 0 Å². The van der Waals surface area contributed by atoms with Crippen LogP contribution in [-0.4, -0.2) is 34.3 Å². The summed E-state index contributed by atoms with van der Waals surface area (Å²) in [5, 5.41) is 21.5. The van der Waals surface area contributed by atoms with E-state index in [9.17, 15) is 15.0 Å². The van der Waals surface area contributed by atoms with Gasteiger partial charge in [0.05, 0.1) is 26.5 Å². The van der Waals surface area contributed by atoms with Crippen molar-refractivity contribution in [3.05, 3.63) is 58.1 Å². The van der Waals surface area contributed by atoms with Crippen molar-refractivity contribution in [1.29, 1.82) is 0 Å². The number of amides is 1. The molecule has 1 aliphatic heterocycles. The SMILES string of the molecule is CC(C)(O)c1cc2nc(C3CCC(CO)CC3)sc2cc1N1CCc2ccccc2C1=O. The van der Waals surface area contributed by atoms with Gasteiger partial charge in [-0.05, 0) is 75.6 Å². The maximum Gasteiger partial charge on any atom is 0.258 e. The summed E-state index contributed by atoms with van der Waals surface area (Å²) in [4.78, 5) is 20.1. The maximum absolute atomic E-state index is 13.4. The number of carbonyl (C=O) groups excluding carboxylic acids is 1. The number of anilines is 1. The van der Waals surface area contributed by atoms with Crippen LogP contribution < -0.4 is 4.90 Å². The van der Waals surface area contributed by atoms with Crippen LogP contribution in [0.3, 0.4) is 0 Å². The van der Waals surface area contributed by atoms with Crippen LogP contribution in [0.5, 0.6) is 0 Å². The second-order valence-electron chi connectivity index (χ2n) is 9.71. The van der Waals surface area contributed by atoms with Crippen LogP contribution in [0.25, 0.3) is 10.2 Å². The molecule has 2 aromatic carbocycles. The Morgan fingerprint density at radius 2 is 1.91 bits per heavy atom. The first-order valence-corrected chi connectivity index (χ1v) is 12.3. The van der Waals surface area contributed by atoms with Gasteiger partial charge < -0.3 is 15.1 Å². The molecule has 5 nitrogen and oxygen atoms in total. The Bertz CT molecular complexity index is 1160. The fourth-order valence-corrected chi connectivity index (χ4v) is 6.27. The lowest BCUT2D eigenvalue weighted by Gasteiger charge is -2.33. The molecular weight excluding hydrogens is 420 g/mol. The Kier molecular flexibility index (Phi) is 5.56. The molecule has 1 aliphatic carbocycles. The van der Waals surface area contributed by atoms with E-state index in [1.54, 1.807) is 25.2 Å². The molecule has 0 unspecified atom stereocenters. The summed E-state index contributed by atoms with van der Waals surface area (Å²) in [7, 11) is 0. The predicted molar refractivity (Wildman–Crippen MR) is 128 cm³/mol. The van der Waals surface area contributed by atoms with Crippen LogP contribution in [-0.2, 0) is 12.0 Å². The minimum atomic E-state index is -1.09. The standard InChI is InChI=1S/C26H30N2O3S/c1-26(2,31)20-13-21-23(32-24(27-21)18-9-7-16(15-29)8-10-18)14-22(20)28-12-11-17-5-3-4-6-19(17)25(28)30/h3-6,13-14,16,18,29,31H,7-12,15H2,1-2H3. The van der Waals surface area contributed by atoms with Gasteiger partial charge in [0.25, 0.3) is 5.91 Å². The molecule has 5 rings (SSSR count). The number of benzene rings is 2. The first kappa shape index (κ1) is 21.6. The fourth-order valence-electron chi connectivity index (χ4n) is 5.12. The Hall–Kier alpha value is -2.28. The molecule has 2 heterocycles. The number of hydrogen-bond donors (Lipinski definition) is 2. The van der Waals surface area contributed by atoms with Gasteiger partial charge >= 0.3 is 0 Å². The van der Waals surface area contributed by atoms with E-state index in [0.717, 1.165) is 69.7 Å². The third-order valence-corrected chi connectivity index (χ3v) is 8.20. The molecular formula is C26H30N2O3S. The molecule has 1 aromatic heterocycles. The van der Waals surface area contributed by atoms with Gasteiger partial charge in [-0.3, -0.25) is 4.79 Å². The van der Waals surface area contributed by atoms with Gasteiger partial charge in [0, 0.05) is 30.2 Å². The lowest BCUT2D eigenvalue weighted by Crippen LogP contribution is -2.39. The summed E-state index contributed by atoms with van der Waals surface area (Å²) in [6.45, 7) is 4.41. The topological polar surface area (TPSA) is 73.7 Å². The zero-order chi connectivity index (χ0) is 22.5. The zero-order valence-corrected chi connectivity index (χ0v) is 19.5. The highest BCUT2D eigenvalue weighted by molar-refractivity contribution is 7.18. The van der Waals surface area contributed by atoms with Crippen LogP contribution in [0.15, 0.2) is 36.4 Å². The van der Waals surface area contributed by atoms with Gasteiger partial charge in [-0.1, -0.05) is 18.2 Å². The number of thiazole rings is 1. The molecule has 0 bridgehead atoms. The smallest absolute Gasteiger partial charge is 0.258 e. The molecule has 0 saturated heterocycles. The Balaban J connectivity index is 1.54. The second kappa shape index (κ2) is 8.25. The van der Waals surface area contributed by atoms with Crippen LogP contribution >= 0.6 is 11.3 Å². The third-order valence-electron chi connectivity index (χ3n) is 7.02. The Labute approximate surface area is 192 Å². The first-order valence-electron chi connectivity index (χ1n) is 11.5. The minimum absolute atomic E-state index is 0.0104. The Morgan fingerprint density at radius 1 is 1.16 bits per heavy atom. The first-order chi connectivity index (χ1) is 15.3. The van der Waals surface area contributed by atoms with Crippen molar-refractivity contribution in [3.8, 4) is 0 Å². The molecule has 168 valence electrons. The van der Waals surface area contributed by atoms with Crippen LogP contribution in [0, 0.1) is 5.92 Å². The van der Waals surface area contributed by atoms with E-state index in [-0.39, 0.29) is 12.5 Å². The average Bonchev–Trinajstić information content (AvgIpc) is 3.21. The number of nitrogens with zero attached hydrogens (tertiary/aromatic N) is 2. The number of hydrogen-bond acceptors (Lipinski definition) is 5. The molecule has 0 atom stereocenters. The van der Waals surface area contributed by atoms with Gasteiger partial charge in [0.15, 0.2) is 0 Å². The number of aliphatic hydroxyl groups is 2. The van der Waals surface area contributed by atoms with Gasteiger partial charge in [-0.2, -0.15) is 0 Å². The summed E-state index contributed by atoms with van der Waals surface area (Å²) in [5.41, 5.74) is 3.13. The monoisotopic (exact) mass is 450 g/mol. The van der Waals surface area contributed by atoms with Gasteiger partial charge in [-0.15, -0.1) is 11.3 Å². The average molecular weight is 451 g/mol. The highest BCUT2D eigenvalue weighted by Crippen LogP contribution is 2.42. The minimum Gasteiger partial charge on any atom is -0.396 e. The summed E-state index contributed by atoms with van der Waals surface area (Å²) in [6, 6.07) is 11.8. The van der Waals surface area contributed by atoms with Crippen LogP contribution in [0.2, 0.25) is 0 Å². The predicted octanol–water partition coefficient (Wildman–Crippen LogP) is 4.99. The van der Waals surface area contributed by atoms with Gasteiger partial charge in [-0.25, -0.2) is 4.98 Å². The van der Waals surface area contributed by atoms with Crippen molar-refractivity contribution in [2.24, 2.45) is 5.92 Å². The number of rotatable bonds is 4. The molecule has 3 aromatic rings. The molecule has 2 N–H and O–H groups in total. The van der Waals surface area contributed by atoms with Crippen molar-refractivity contribution >= 4 is 33.1 Å². The van der Waals surface area contributed by atoms with Crippen molar-refractivity contribution in [2.45, 2.75) is 57.5 Å². The quantitative estimate of drug-likeness (QED) is 0.587. The van der Waals surface area contributed by atoms with E-state index in [4.69, 9.17) is 4.98 Å². The third kappa shape index (κ3) is 3.85. The number of aliphatic hydroxyl groups excluding tert-OH is 1. The zero-order valence-electron chi connectivity index (χ0n) is 18.7. The van der Waals surface area contributed by atoms with E-state index in [1.165, 1.54) is 0 Å². The molecule has 0 spiro atoms. The summed E-state index contributed by atoms with van der Waals surface area (Å²) >= 11 is 1.70. The summed E-state index contributed by atoms with van der Waals surface area (Å²) in [6.07, 6.45) is 4.99. The molecule has 6 heteroatoms.